The predicted octanol–water partition coefficient (Wildman–Crippen LogP) is 3.92. The van der Waals surface area contributed by atoms with Gasteiger partial charge in [0, 0.05) is 3.57 Å². The van der Waals surface area contributed by atoms with Crippen molar-refractivity contribution in [3.8, 4) is 11.5 Å². The number of hydrogen-bond acceptors (Lipinski definition) is 4. The fourth-order valence-corrected chi connectivity index (χ4v) is 3.01. The quantitative estimate of drug-likeness (QED) is 0.698. The van der Waals surface area contributed by atoms with Gasteiger partial charge in [0.15, 0.2) is 6.29 Å². The van der Waals surface area contributed by atoms with Crippen LogP contribution in [0.25, 0.3) is 0 Å². The summed E-state index contributed by atoms with van der Waals surface area (Å²) in [5.74, 6) is 1.64. The van der Waals surface area contributed by atoms with Crippen LogP contribution in [0.4, 0.5) is 0 Å². The van der Waals surface area contributed by atoms with E-state index in [0.717, 1.165) is 26.2 Å². The van der Waals surface area contributed by atoms with Crippen LogP contribution in [0, 0.1) is 3.57 Å². The maximum atomic E-state index is 5.98. The van der Waals surface area contributed by atoms with Crippen LogP contribution in [0.15, 0.2) is 42.5 Å². The molecule has 1 fully saturated rings. The standard InChI is InChI=1S/C17H17IO4/c1-19-13-7-5-12(6-8-13)11-22-15-4-2-3-14(18)16(15)17-20-9-10-21-17/h2-8,17H,9-11H2,1H3. The normalized spacial score (nSPS) is 15.0. The second-order valence-corrected chi connectivity index (χ2v) is 6.02. The Labute approximate surface area is 143 Å². The van der Waals surface area contributed by atoms with E-state index >= 15 is 0 Å². The van der Waals surface area contributed by atoms with E-state index in [1.807, 2.05) is 42.5 Å². The lowest BCUT2D eigenvalue weighted by Crippen LogP contribution is -2.06. The third-order valence-corrected chi connectivity index (χ3v) is 4.36. The van der Waals surface area contributed by atoms with Crippen LogP contribution >= 0.6 is 22.6 Å². The molecule has 1 heterocycles. The summed E-state index contributed by atoms with van der Waals surface area (Å²) in [6.07, 6.45) is -0.334. The van der Waals surface area contributed by atoms with Crippen molar-refractivity contribution in [1.29, 1.82) is 0 Å². The highest BCUT2D eigenvalue weighted by Crippen LogP contribution is 2.35. The van der Waals surface area contributed by atoms with Gasteiger partial charge in [-0.15, -0.1) is 0 Å². The second kappa shape index (κ2) is 7.30. The lowest BCUT2D eigenvalue weighted by Gasteiger charge is -2.17. The van der Waals surface area contributed by atoms with Crippen molar-refractivity contribution in [2.75, 3.05) is 20.3 Å². The largest absolute Gasteiger partial charge is 0.497 e. The highest BCUT2D eigenvalue weighted by atomic mass is 127. The Morgan fingerprint density at radius 2 is 1.82 bits per heavy atom. The summed E-state index contributed by atoms with van der Waals surface area (Å²) >= 11 is 2.28. The molecule has 1 aliphatic rings. The fraction of sp³-hybridized carbons (Fsp3) is 0.294. The molecule has 0 N–H and O–H groups in total. The summed E-state index contributed by atoms with van der Waals surface area (Å²) in [5, 5.41) is 0. The zero-order valence-electron chi connectivity index (χ0n) is 12.3. The third-order valence-electron chi connectivity index (χ3n) is 3.42. The molecule has 0 aliphatic carbocycles. The Hall–Kier alpha value is -1.31. The lowest BCUT2D eigenvalue weighted by atomic mass is 10.2. The van der Waals surface area contributed by atoms with E-state index in [1.165, 1.54) is 0 Å². The minimum atomic E-state index is -0.334. The molecule has 0 amide bonds. The number of rotatable bonds is 5. The van der Waals surface area contributed by atoms with Gasteiger partial charge in [0.25, 0.3) is 0 Å². The van der Waals surface area contributed by atoms with Crippen molar-refractivity contribution in [3.63, 3.8) is 0 Å². The molecule has 0 bridgehead atoms. The van der Waals surface area contributed by atoms with Crippen molar-refractivity contribution in [2.24, 2.45) is 0 Å². The molecule has 0 aromatic heterocycles. The third kappa shape index (κ3) is 3.53. The second-order valence-electron chi connectivity index (χ2n) is 4.86. The first-order valence-corrected chi connectivity index (χ1v) is 8.13. The summed E-state index contributed by atoms with van der Waals surface area (Å²) in [6.45, 7) is 1.73. The molecule has 0 atom stereocenters. The van der Waals surface area contributed by atoms with Crippen LogP contribution in [0.2, 0.25) is 0 Å². The van der Waals surface area contributed by atoms with Gasteiger partial charge in [0.2, 0.25) is 0 Å². The van der Waals surface area contributed by atoms with Crippen molar-refractivity contribution < 1.29 is 18.9 Å². The molecular weight excluding hydrogens is 395 g/mol. The van der Waals surface area contributed by atoms with Crippen LogP contribution in [0.3, 0.4) is 0 Å². The van der Waals surface area contributed by atoms with E-state index in [2.05, 4.69) is 22.6 Å². The topological polar surface area (TPSA) is 36.9 Å². The number of halogens is 1. The van der Waals surface area contributed by atoms with Gasteiger partial charge in [-0.05, 0) is 52.4 Å². The van der Waals surface area contributed by atoms with Gasteiger partial charge >= 0.3 is 0 Å². The van der Waals surface area contributed by atoms with E-state index in [1.54, 1.807) is 7.11 Å². The Bertz CT molecular complexity index is 621. The lowest BCUT2D eigenvalue weighted by molar-refractivity contribution is -0.0465. The number of hydrogen-bond donors (Lipinski definition) is 0. The van der Waals surface area contributed by atoms with Crippen molar-refractivity contribution >= 4 is 22.6 Å². The van der Waals surface area contributed by atoms with Gasteiger partial charge in [-0.1, -0.05) is 18.2 Å². The van der Waals surface area contributed by atoms with Gasteiger partial charge in [-0.2, -0.15) is 0 Å². The van der Waals surface area contributed by atoms with Crippen LogP contribution in [0.5, 0.6) is 11.5 Å². The molecular formula is C17H17IO4. The van der Waals surface area contributed by atoms with Gasteiger partial charge in [-0.25, -0.2) is 0 Å². The molecule has 0 saturated carbocycles. The first-order valence-electron chi connectivity index (χ1n) is 7.05. The smallest absolute Gasteiger partial charge is 0.188 e. The molecule has 4 nitrogen and oxygen atoms in total. The predicted molar refractivity (Wildman–Crippen MR) is 91.1 cm³/mol. The summed E-state index contributed by atoms with van der Waals surface area (Å²) < 4.78 is 23.5. The van der Waals surface area contributed by atoms with E-state index in [0.29, 0.717) is 19.8 Å². The van der Waals surface area contributed by atoms with Crippen LogP contribution in [-0.4, -0.2) is 20.3 Å². The van der Waals surface area contributed by atoms with Crippen LogP contribution in [0.1, 0.15) is 17.4 Å². The molecule has 1 aliphatic heterocycles. The molecule has 1 saturated heterocycles. The first-order chi connectivity index (χ1) is 10.8. The number of methoxy groups -OCH3 is 1. The van der Waals surface area contributed by atoms with Gasteiger partial charge < -0.3 is 18.9 Å². The molecule has 2 aromatic rings. The summed E-state index contributed by atoms with van der Waals surface area (Å²) in [6, 6.07) is 13.8. The van der Waals surface area contributed by atoms with Crippen molar-refractivity contribution in [1.82, 2.24) is 0 Å². The molecule has 0 unspecified atom stereocenters. The molecule has 22 heavy (non-hydrogen) atoms. The fourth-order valence-electron chi connectivity index (χ4n) is 2.28. The molecule has 116 valence electrons. The van der Waals surface area contributed by atoms with E-state index in [9.17, 15) is 0 Å². The monoisotopic (exact) mass is 412 g/mol. The summed E-state index contributed by atoms with van der Waals surface area (Å²) in [5.41, 5.74) is 2.05. The van der Waals surface area contributed by atoms with Gasteiger partial charge in [0.05, 0.1) is 25.9 Å². The summed E-state index contributed by atoms with van der Waals surface area (Å²) in [7, 11) is 1.66. The van der Waals surface area contributed by atoms with E-state index < -0.39 is 0 Å². The van der Waals surface area contributed by atoms with Crippen molar-refractivity contribution in [2.45, 2.75) is 12.9 Å². The average molecular weight is 412 g/mol. The maximum absolute atomic E-state index is 5.98. The Morgan fingerprint density at radius 3 is 2.50 bits per heavy atom. The molecule has 2 aromatic carbocycles. The highest BCUT2D eigenvalue weighted by molar-refractivity contribution is 14.1. The van der Waals surface area contributed by atoms with E-state index in [4.69, 9.17) is 18.9 Å². The Morgan fingerprint density at radius 1 is 1.09 bits per heavy atom. The summed E-state index contributed by atoms with van der Waals surface area (Å²) in [4.78, 5) is 0. The first kappa shape index (κ1) is 15.6. The number of ether oxygens (including phenoxy) is 4. The zero-order valence-corrected chi connectivity index (χ0v) is 14.4. The average Bonchev–Trinajstić information content (AvgIpc) is 3.07. The molecule has 0 radical (unpaired) electrons. The molecule has 3 rings (SSSR count). The highest BCUT2D eigenvalue weighted by Gasteiger charge is 2.24. The Balaban J connectivity index is 1.75. The van der Waals surface area contributed by atoms with Crippen molar-refractivity contribution in [3.05, 3.63) is 57.2 Å². The van der Waals surface area contributed by atoms with Crippen LogP contribution in [-0.2, 0) is 16.1 Å². The van der Waals surface area contributed by atoms with E-state index in [-0.39, 0.29) is 6.29 Å². The van der Waals surface area contributed by atoms with Gasteiger partial charge in [0.1, 0.15) is 18.1 Å². The minimum Gasteiger partial charge on any atom is -0.497 e. The Kier molecular flexibility index (Phi) is 5.17. The molecule has 0 spiro atoms. The van der Waals surface area contributed by atoms with Gasteiger partial charge in [-0.3, -0.25) is 0 Å². The SMILES string of the molecule is COc1ccc(COc2cccc(I)c2C2OCCO2)cc1. The maximum Gasteiger partial charge on any atom is 0.188 e. The van der Waals surface area contributed by atoms with Crippen LogP contribution < -0.4 is 9.47 Å². The number of benzene rings is 2. The minimum absolute atomic E-state index is 0.334. The molecule has 5 heteroatoms. The zero-order chi connectivity index (χ0) is 15.4.